The standard InChI is InChI=1S/C21H22N2O5/c1-14(28-15-9-5-4-6-10-15)19(25)27-13-18(24)23-17-12-8-7-11-16(17)22-20(26)21(23,2)3/h4-12,14H,13H2,1-3H3,(H,22,26)/t14-/m0/s1. The van der Waals surface area contributed by atoms with E-state index in [1.54, 1.807) is 69.3 Å². The Morgan fingerprint density at radius 1 is 1.07 bits per heavy atom. The maximum Gasteiger partial charge on any atom is 0.347 e. The molecule has 0 unspecified atom stereocenters. The molecule has 1 atom stereocenters. The number of carbonyl (C=O) groups excluding carboxylic acids is 3. The van der Waals surface area contributed by atoms with Crippen LogP contribution in [0.3, 0.4) is 0 Å². The Bertz CT molecular complexity index is 895. The third-order valence-electron chi connectivity index (χ3n) is 4.48. The van der Waals surface area contributed by atoms with Gasteiger partial charge in [-0.15, -0.1) is 0 Å². The molecule has 7 nitrogen and oxygen atoms in total. The van der Waals surface area contributed by atoms with E-state index in [1.807, 2.05) is 6.07 Å². The molecule has 1 N–H and O–H groups in total. The second-order valence-corrected chi connectivity index (χ2v) is 6.94. The number of fused-ring (bicyclic) bond motifs is 1. The number of para-hydroxylation sites is 3. The summed E-state index contributed by atoms with van der Waals surface area (Å²) in [6.07, 6.45) is -0.875. The Balaban J connectivity index is 1.68. The van der Waals surface area contributed by atoms with E-state index in [-0.39, 0.29) is 5.91 Å². The van der Waals surface area contributed by atoms with Gasteiger partial charge in [0.15, 0.2) is 12.7 Å². The van der Waals surface area contributed by atoms with Crippen molar-refractivity contribution in [2.75, 3.05) is 16.8 Å². The molecule has 2 aromatic rings. The van der Waals surface area contributed by atoms with Crippen LogP contribution in [0.2, 0.25) is 0 Å². The molecular formula is C21H22N2O5. The summed E-state index contributed by atoms with van der Waals surface area (Å²) in [7, 11) is 0. The zero-order chi connectivity index (χ0) is 20.3. The first kappa shape index (κ1) is 19.4. The average Bonchev–Trinajstić information content (AvgIpc) is 2.67. The van der Waals surface area contributed by atoms with Gasteiger partial charge in [-0.1, -0.05) is 30.3 Å². The Morgan fingerprint density at radius 3 is 2.43 bits per heavy atom. The monoisotopic (exact) mass is 382 g/mol. The highest BCUT2D eigenvalue weighted by atomic mass is 16.6. The van der Waals surface area contributed by atoms with Crippen molar-refractivity contribution in [2.45, 2.75) is 32.4 Å². The normalized spacial score (nSPS) is 15.8. The van der Waals surface area contributed by atoms with Crippen LogP contribution in [0.25, 0.3) is 0 Å². The van der Waals surface area contributed by atoms with Crippen LogP contribution in [0.4, 0.5) is 11.4 Å². The summed E-state index contributed by atoms with van der Waals surface area (Å²) in [5, 5.41) is 2.78. The smallest absolute Gasteiger partial charge is 0.347 e. The largest absolute Gasteiger partial charge is 0.479 e. The van der Waals surface area contributed by atoms with Crippen molar-refractivity contribution in [1.29, 1.82) is 0 Å². The van der Waals surface area contributed by atoms with E-state index in [4.69, 9.17) is 9.47 Å². The lowest BCUT2D eigenvalue weighted by molar-refractivity contribution is -0.154. The van der Waals surface area contributed by atoms with Gasteiger partial charge in [0, 0.05) is 0 Å². The summed E-state index contributed by atoms with van der Waals surface area (Å²) in [6, 6.07) is 15.8. The van der Waals surface area contributed by atoms with Gasteiger partial charge >= 0.3 is 5.97 Å². The first-order valence-electron chi connectivity index (χ1n) is 8.92. The first-order chi connectivity index (χ1) is 13.3. The van der Waals surface area contributed by atoms with Gasteiger partial charge in [0.2, 0.25) is 5.91 Å². The molecule has 3 rings (SSSR count). The van der Waals surface area contributed by atoms with Gasteiger partial charge < -0.3 is 14.8 Å². The molecule has 0 spiro atoms. The second-order valence-electron chi connectivity index (χ2n) is 6.94. The van der Waals surface area contributed by atoms with Crippen molar-refractivity contribution in [1.82, 2.24) is 0 Å². The fourth-order valence-electron chi connectivity index (χ4n) is 2.96. The van der Waals surface area contributed by atoms with Gasteiger partial charge in [-0.3, -0.25) is 14.5 Å². The molecule has 28 heavy (non-hydrogen) atoms. The molecule has 1 aliphatic heterocycles. The molecule has 0 saturated heterocycles. The molecule has 0 bridgehead atoms. The minimum absolute atomic E-state index is 0.313. The molecule has 2 aromatic carbocycles. The van der Waals surface area contributed by atoms with Gasteiger partial charge in [-0.05, 0) is 45.0 Å². The topological polar surface area (TPSA) is 84.9 Å². The number of nitrogens with one attached hydrogen (secondary N) is 1. The zero-order valence-corrected chi connectivity index (χ0v) is 16.0. The van der Waals surface area contributed by atoms with Gasteiger partial charge in [-0.2, -0.15) is 0 Å². The van der Waals surface area contributed by atoms with Crippen molar-refractivity contribution < 1.29 is 23.9 Å². The number of ether oxygens (including phenoxy) is 2. The maximum absolute atomic E-state index is 12.8. The molecule has 0 saturated carbocycles. The minimum atomic E-state index is -1.12. The van der Waals surface area contributed by atoms with Crippen LogP contribution in [0.5, 0.6) is 5.75 Å². The molecular weight excluding hydrogens is 360 g/mol. The van der Waals surface area contributed by atoms with Crippen molar-refractivity contribution in [2.24, 2.45) is 0 Å². The molecule has 1 aliphatic rings. The van der Waals surface area contributed by atoms with E-state index in [0.717, 1.165) is 0 Å². The quantitative estimate of drug-likeness (QED) is 0.804. The molecule has 1 heterocycles. The number of hydrogen-bond donors (Lipinski definition) is 1. The second kappa shape index (κ2) is 7.72. The number of anilines is 2. The number of rotatable bonds is 5. The van der Waals surface area contributed by atoms with E-state index in [9.17, 15) is 14.4 Å². The van der Waals surface area contributed by atoms with Gasteiger partial charge in [0.1, 0.15) is 11.3 Å². The number of esters is 1. The Kier molecular flexibility index (Phi) is 5.35. The highest BCUT2D eigenvalue weighted by Crippen LogP contribution is 2.36. The highest BCUT2D eigenvalue weighted by Gasteiger charge is 2.43. The number of carbonyl (C=O) groups is 3. The lowest BCUT2D eigenvalue weighted by atomic mass is 9.96. The molecule has 146 valence electrons. The fraction of sp³-hybridized carbons (Fsp3) is 0.286. The van der Waals surface area contributed by atoms with Crippen molar-refractivity contribution in [3.63, 3.8) is 0 Å². The number of benzene rings is 2. The zero-order valence-electron chi connectivity index (χ0n) is 16.0. The van der Waals surface area contributed by atoms with Crippen LogP contribution in [0.15, 0.2) is 54.6 Å². The van der Waals surface area contributed by atoms with Crippen molar-refractivity contribution in [3.8, 4) is 5.75 Å². The third kappa shape index (κ3) is 3.83. The molecule has 2 amide bonds. The van der Waals surface area contributed by atoms with Gasteiger partial charge in [0.25, 0.3) is 5.91 Å². The summed E-state index contributed by atoms with van der Waals surface area (Å²) in [5.74, 6) is -0.940. The minimum Gasteiger partial charge on any atom is -0.479 e. The van der Waals surface area contributed by atoms with Crippen LogP contribution >= 0.6 is 0 Å². The highest BCUT2D eigenvalue weighted by molar-refractivity contribution is 6.14. The molecule has 0 radical (unpaired) electrons. The predicted molar refractivity (Wildman–Crippen MR) is 104 cm³/mol. The van der Waals surface area contributed by atoms with E-state index in [2.05, 4.69) is 5.32 Å². The lowest BCUT2D eigenvalue weighted by Crippen LogP contribution is -2.59. The fourth-order valence-corrected chi connectivity index (χ4v) is 2.96. The van der Waals surface area contributed by atoms with Crippen LogP contribution in [-0.2, 0) is 19.1 Å². The summed E-state index contributed by atoms with van der Waals surface area (Å²) < 4.78 is 10.7. The molecule has 0 aliphatic carbocycles. The SMILES string of the molecule is C[C@H](Oc1ccccc1)C(=O)OCC(=O)N1c2ccccc2NC(=O)C1(C)C. The van der Waals surface area contributed by atoms with Crippen LogP contribution in [-0.4, -0.2) is 36.0 Å². The number of nitrogens with zero attached hydrogens (tertiary/aromatic N) is 1. The number of amides is 2. The summed E-state index contributed by atoms with van der Waals surface area (Å²) in [6.45, 7) is 4.33. The van der Waals surface area contributed by atoms with Crippen LogP contribution < -0.4 is 15.0 Å². The first-order valence-corrected chi connectivity index (χ1v) is 8.92. The Labute approximate surface area is 163 Å². The number of hydrogen-bond acceptors (Lipinski definition) is 5. The molecule has 7 heteroatoms. The Hall–Kier alpha value is -3.35. The van der Waals surface area contributed by atoms with Crippen LogP contribution in [0, 0.1) is 0 Å². The van der Waals surface area contributed by atoms with E-state index < -0.39 is 30.1 Å². The Morgan fingerprint density at radius 2 is 1.71 bits per heavy atom. The maximum atomic E-state index is 12.8. The van der Waals surface area contributed by atoms with E-state index in [0.29, 0.717) is 17.1 Å². The molecule has 0 aromatic heterocycles. The van der Waals surface area contributed by atoms with Crippen molar-refractivity contribution >= 4 is 29.2 Å². The van der Waals surface area contributed by atoms with Gasteiger partial charge in [0.05, 0.1) is 11.4 Å². The average molecular weight is 382 g/mol. The predicted octanol–water partition coefficient (Wildman–Crippen LogP) is 2.76. The van der Waals surface area contributed by atoms with Crippen molar-refractivity contribution in [3.05, 3.63) is 54.6 Å². The van der Waals surface area contributed by atoms with E-state index in [1.165, 1.54) is 4.90 Å². The third-order valence-corrected chi connectivity index (χ3v) is 4.48. The summed E-state index contributed by atoms with van der Waals surface area (Å²) in [4.78, 5) is 38.8. The van der Waals surface area contributed by atoms with Gasteiger partial charge in [-0.25, -0.2) is 4.79 Å². The molecule has 0 fully saturated rings. The summed E-state index contributed by atoms with van der Waals surface area (Å²) >= 11 is 0. The van der Waals surface area contributed by atoms with Crippen LogP contribution in [0.1, 0.15) is 20.8 Å². The van der Waals surface area contributed by atoms with E-state index >= 15 is 0 Å². The summed E-state index contributed by atoms with van der Waals surface area (Å²) in [5.41, 5.74) is -0.0294. The lowest BCUT2D eigenvalue weighted by Gasteiger charge is -2.41.